The Morgan fingerprint density at radius 1 is 1.64 bits per heavy atom. The maximum absolute atomic E-state index is 14.3. The zero-order valence-corrected chi connectivity index (χ0v) is 13.3. The van der Waals surface area contributed by atoms with Gasteiger partial charge in [0.2, 0.25) is 5.91 Å². The number of nitrogens with two attached hydrogens (primary N) is 1. The van der Waals surface area contributed by atoms with Gasteiger partial charge in [0.25, 0.3) is 0 Å². The van der Waals surface area contributed by atoms with Crippen molar-refractivity contribution in [1.82, 2.24) is 10.2 Å². The van der Waals surface area contributed by atoms with Crippen molar-refractivity contribution in [3.63, 3.8) is 0 Å². The highest BCUT2D eigenvalue weighted by molar-refractivity contribution is 6.31. The Morgan fingerprint density at radius 2 is 2.41 bits per heavy atom. The summed E-state index contributed by atoms with van der Waals surface area (Å²) in [7, 11) is 0. The highest BCUT2D eigenvalue weighted by Gasteiger charge is 2.29. The molecule has 1 aliphatic heterocycles. The van der Waals surface area contributed by atoms with Gasteiger partial charge in [0.1, 0.15) is 5.82 Å². The molecule has 122 valence electrons. The van der Waals surface area contributed by atoms with Crippen molar-refractivity contribution in [3.8, 4) is 0 Å². The van der Waals surface area contributed by atoms with E-state index >= 15 is 0 Å². The summed E-state index contributed by atoms with van der Waals surface area (Å²) in [5.74, 6) is -0.655. The molecule has 0 radical (unpaired) electrons. The average Bonchev–Trinajstić information content (AvgIpc) is 2.49. The molecular weight excluding hydrogens is 309 g/mol. The molecule has 1 saturated heterocycles. The molecule has 1 fully saturated rings. The number of carbonyl (C=O) groups is 1. The number of hydrogen-bond donors (Lipinski definition) is 2. The van der Waals surface area contributed by atoms with E-state index in [1.165, 1.54) is 6.07 Å². The summed E-state index contributed by atoms with van der Waals surface area (Å²) in [6, 6.07) is 4.25. The van der Waals surface area contributed by atoms with E-state index in [1.54, 1.807) is 12.1 Å². The number of nitrogens with one attached hydrogen (secondary N) is 1. The summed E-state index contributed by atoms with van der Waals surface area (Å²) >= 11 is 6.19. The lowest BCUT2D eigenvalue weighted by atomic mass is 10.0. The first kappa shape index (κ1) is 17.1. The molecule has 1 aromatic carbocycles. The molecule has 1 amide bonds. The number of benzene rings is 1. The van der Waals surface area contributed by atoms with E-state index in [0.29, 0.717) is 30.3 Å². The predicted octanol–water partition coefficient (Wildman–Crippen LogP) is 1.32. The fourth-order valence-electron chi connectivity index (χ4n) is 2.65. The highest BCUT2D eigenvalue weighted by Crippen LogP contribution is 2.30. The van der Waals surface area contributed by atoms with Crippen molar-refractivity contribution >= 4 is 17.5 Å². The number of morpholine rings is 1. The highest BCUT2D eigenvalue weighted by atomic mass is 35.5. The molecule has 5 nitrogen and oxygen atoms in total. The molecule has 7 heteroatoms. The predicted molar refractivity (Wildman–Crippen MR) is 83.2 cm³/mol. The third kappa shape index (κ3) is 4.16. The quantitative estimate of drug-likeness (QED) is 0.855. The van der Waals surface area contributed by atoms with Crippen molar-refractivity contribution in [1.29, 1.82) is 0 Å². The molecule has 0 aromatic heterocycles. The van der Waals surface area contributed by atoms with Crippen LogP contribution >= 0.6 is 11.6 Å². The van der Waals surface area contributed by atoms with Gasteiger partial charge in [-0.15, -0.1) is 0 Å². The van der Waals surface area contributed by atoms with Gasteiger partial charge >= 0.3 is 0 Å². The van der Waals surface area contributed by atoms with Crippen LogP contribution in [-0.4, -0.2) is 49.7 Å². The van der Waals surface area contributed by atoms with Gasteiger partial charge in [-0.05, 0) is 19.1 Å². The molecule has 0 unspecified atom stereocenters. The first-order chi connectivity index (χ1) is 10.5. The van der Waals surface area contributed by atoms with Crippen molar-refractivity contribution in [2.75, 3.05) is 32.8 Å². The van der Waals surface area contributed by atoms with E-state index in [0.717, 1.165) is 0 Å². The summed E-state index contributed by atoms with van der Waals surface area (Å²) in [6.45, 7) is 3.98. The van der Waals surface area contributed by atoms with Crippen LogP contribution in [0.1, 0.15) is 18.5 Å². The van der Waals surface area contributed by atoms with Gasteiger partial charge in [0, 0.05) is 30.2 Å². The molecule has 22 heavy (non-hydrogen) atoms. The molecule has 0 spiro atoms. The monoisotopic (exact) mass is 329 g/mol. The van der Waals surface area contributed by atoms with E-state index in [1.807, 2.05) is 6.92 Å². The molecule has 0 bridgehead atoms. The van der Waals surface area contributed by atoms with Crippen LogP contribution in [0.15, 0.2) is 18.2 Å². The van der Waals surface area contributed by atoms with Crippen molar-refractivity contribution in [3.05, 3.63) is 34.6 Å². The van der Waals surface area contributed by atoms with E-state index in [-0.39, 0.29) is 37.0 Å². The molecule has 0 saturated carbocycles. The second-order valence-electron chi connectivity index (χ2n) is 5.34. The Balaban J connectivity index is 2.26. The Labute approximate surface area is 134 Å². The molecule has 2 atom stereocenters. The van der Waals surface area contributed by atoms with Crippen LogP contribution in [-0.2, 0) is 9.53 Å². The van der Waals surface area contributed by atoms with Gasteiger partial charge in [0.05, 0.1) is 25.3 Å². The molecule has 1 aliphatic rings. The zero-order chi connectivity index (χ0) is 16.1. The number of nitrogens with zero attached hydrogens (tertiary/aromatic N) is 1. The first-order valence-corrected chi connectivity index (χ1v) is 7.67. The third-order valence-electron chi connectivity index (χ3n) is 3.72. The lowest BCUT2D eigenvalue weighted by Gasteiger charge is -2.38. The van der Waals surface area contributed by atoms with E-state index in [9.17, 15) is 9.18 Å². The molecule has 2 rings (SSSR count). The Morgan fingerprint density at radius 3 is 3.05 bits per heavy atom. The van der Waals surface area contributed by atoms with Gasteiger partial charge in [-0.1, -0.05) is 17.7 Å². The lowest BCUT2D eigenvalue weighted by Crippen LogP contribution is -2.47. The maximum Gasteiger partial charge on any atom is 0.233 e. The van der Waals surface area contributed by atoms with E-state index in [2.05, 4.69) is 10.2 Å². The van der Waals surface area contributed by atoms with Crippen LogP contribution in [0.5, 0.6) is 0 Å². The van der Waals surface area contributed by atoms with Crippen LogP contribution in [0.25, 0.3) is 0 Å². The Bertz CT molecular complexity index is 509. The lowest BCUT2D eigenvalue weighted by molar-refractivity contribution is -0.120. The summed E-state index contributed by atoms with van der Waals surface area (Å²) in [4.78, 5) is 13.5. The van der Waals surface area contributed by atoms with Crippen molar-refractivity contribution in [2.24, 2.45) is 5.73 Å². The summed E-state index contributed by atoms with van der Waals surface area (Å²) in [5.41, 5.74) is 5.71. The number of halogens is 2. The number of carbonyl (C=O) groups excluding carboxylic acids is 1. The zero-order valence-electron chi connectivity index (χ0n) is 12.5. The van der Waals surface area contributed by atoms with Crippen LogP contribution in [0.4, 0.5) is 4.39 Å². The van der Waals surface area contributed by atoms with Crippen molar-refractivity contribution in [2.45, 2.75) is 19.1 Å². The smallest absolute Gasteiger partial charge is 0.233 e. The van der Waals surface area contributed by atoms with Gasteiger partial charge in [-0.3, -0.25) is 9.69 Å². The van der Waals surface area contributed by atoms with Crippen LogP contribution in [0, 0.1) is 5.82 Å². The van der Waals surface area contributed by atoms with E-state index in [4.69, 9.17) is 22.1 Å². The van der Waals surface area contributed by atoms with Crippen LogP contribution < -0.4 is 11.1 Å². The van der Waals surface area contributed by atoms with Gasteiger partial charge in [0.15, 0.2) is 0 Å². The average molecular weight is 330 g/mol. The summed E-state index contributed by atoms with van der Waals surface area (Å²) in [6.07, 6.45) is 0.0482. The Kier molecular flexibility index (Phi) is 6.14. The summed E-state index contributed by atoms with van der Waals surface area (Å²) < 4.78 is 19.8. The molecule has 3 N–H and O–H groups in total. The first-order valence-electron chi connectivity index (χ1n) is 7.29. The Hall–Kier alpha value is -1.21. The minimum absolute atomic E-state index is 0.0482. The fourth-order valence-corrected chi connectivity index (χ4v) is 2.94. The molecule has 0 aliphatic carbocycles. The van der Waals surface area contributed by atoms with Gasteiger partial charge < -0.3 is 15.8 Å². The van der Waals surface area contributed by atoms with Crippen LogP contribution in [0.3, 0.4) is 0 Å². The minimum Gasteiger partial charge on any atom is -0.376 e. The van der Waals surface area contributed by atoms with Crippen LogP contribution in [0.2, 0.25) is 5.02 Å². The fraction of sp³-hybridized carbons (Fsp3) is 0.533. The van der Waals surface area contributed by atoms with Gasteiger partial charge in [-0.2, -0.15) is 0 Å². The molecule has 1 heterocycles. The molecular formula is C15H21ClFN3O2. The number of hydrogen-bond acceptors (Lipinski definition) is 4. The van der Waals surface area contributed by atoms with Crippen molar-refractivity contribution < 1.29 is 13.9 Å². The second kappa shape index (κ2) is 7.87. The standard InChI is InChI=1S/C15H21ClFN3O2/c1-10-9-20(5-6-22-10)13(8-19-14(21)7-18)15-11(16)3-2-4-12(15)17/h2-4,10,13H,5-9,18H2,1H3,(H,19,21)/t10-,13-/m1/s1. The SMILES string of the molecule is C[C@@H]1CN([C@H](CNC(=O)CN)c2c(F)cccc2Cl)CCO1. The number of ether oxygens (including phenoxy) is 1. The topological polar surface area (TPSA) is 67.6 Å². The van der Waals surface area contributed by atoms with E-state index < -0.39 is 0 Å². The second-order valence-corrected chi connectivity index (χ2v) is 5.74. The minimum atomic E-state index is -0.376. The van der Waals surface area contributed by atoms with Gasteiger partial charge in [-0.25, -0.2) is 4.39 Å². The maximum atomic E-state index is 14.3. The summed E-state index contributed by atoms with van der Waals surface area (Å²) in [5, 5.41) is 3.08. The molecule has 1 aromatic rings. The number of rotatable bonds is 5. The largest absolute Gasteiger partial charge is 0.376 e. The third-order valence-corrected chi connectivity index (χ3v) is 4.05. The normalized spacial score (nSPS) is 20.6. The number of amides is 1.